The number of benzene rings is 3. The second-order valence-electron chi connectivity index (χ2n) is 6.08. The predicted molar refractivity (Wildman–Crippen MR) is 109 cm³/mol. The van der Waals surface area contributed by atoms with Gasteiger partial charge in [0, 0.05) is 5.41 Å². The van der Waals surface area contributed by atoms with Gasteiger partial charge in [-0.25, -0.2) is 17.5 Å². The number of halogens is 1. The normalized spacial score (nSPS) is 12.8. The number of rotatable bonds is 8. The summed E-state index contributed by atoms with van der Waals surface area (Å²) in [6.45, 7) is -0.0522. The molecule has 0 aromatic heterocycles. The quantitative estimate of drug-likeness (QED) is 0.607. The van der Waals surface area contributed by atoms with Crippen LogP contribution in [-0.4, -0.2) is 15.0 Å². The number of nitrogens with one attached hydrogen (secondary N) is 1. The number of ether oxygens (including phenoxy) is 1. The minimum absolute atomic E-state index is 0.0522. The second-order valence-corrected chi connectivity index (χ2v) is 7.68. The molecular weight excluding hydrogens is 377 g/mol. The molecule has 0 amide bonds. The van der Waals surface area contributed by atoms with Gasteiger partial charge in [0.2, 0.25) is 10.0 Å². The van der Waals surface area contributed by atoms with Gasteiger partial charge in [-0.15, -0.1) is 0 Å². The fourth-order valence-electron chi connectivity index (χ4n) is 2.59. The van der Waals surface area contributed by atoms with Crippen molar-refractivity contribution in [2.45, 2.75) is 6.04 Å². The van der Waals surface area contributed by atoms with Gasteiger partial charge in [-0.05, 0) is 29.3 Å². The molecule has 6 heteroatoms. The van der Waals surface area contributed by atoms with Gasteiger partial charge >= 0.3 is 0 Å². The van der Waals surface area contributed by atoms with Crippen LogP contribution in [0.1, 0.15) is 17.2 Å². The van der Waals surface area contributed by atoms with E-state index in [2.05, 4.69) is 4.72 Å². The van der Waals surface area contributed by atoms with E-state index in [-0.39, 0.29) is 12.4 Å². The Kier molecular flexibility index (Phi) is 6.57. The van der Waals surface area contributed by atoms with Gasteiger partial charge in [0.25, 0.3) is 0 Å². The number of sulfonamides is 1. The molecule has 3 rings (SSSR count). The maximum Gasteiger partial charge on any atom is 0.234 e. The summed E-state index contributed by atoms with van der Waals surface area (Å²) < 4.78 is 47.0. The van der Waals surface area contributed by atoms with Crippen LogP contribution in [0, 0.1) is 5.82 Å². The van der Waals surface area contributed by atoms with Crippen molar-refractivity contribution in [3.05, 3.63) is 107 Å². The van der Waals surface area contributed by atoms with Crippen molar-refractivity contribution in [2.75, 3.05) is 6.61 Å². The molecule has 0 bridgehead atoms. The van der Waals surface area contributed by atoms with Gasteiger partial charge in [-0.2, -0.15) is 0 Å². The van der Waals surface area contributed by atoms with Crippen LogP contribution < -0.4 is 9.46 Å². The molecule has 0 radical (unpaired) electrons. The van der Waals surface area contributed by atoms with Gasteiger partial charge in [0.05, 0.1) is 6.04 Å². The zero-order valence-electron chi connectivity index (χ0n) is 15.0. The fourth-order valence-corrected chi connectivity index (χ4v) is 3.60. The average Bonchev–Trinajstić information content (AvgIpc) is 2.72. The molecule has 0 fully saturated rings. The van der Waals surface area contributed by atoms with E-state index in [9.17, 15) is 12.8 Å². The van der Waals surface area contributed by atoms with Gasteiger partial charge < -0.3 is 4.74 Å². The lowest BCUT2D eigenvalue weighted by molar-refractivity contribution is 0.269. The summed E-state index contributed by atoms with van der Waals surface area (Å²) >= 11 is 0. The van der Waals surface area contributed by atoms with Crippen molar-refractivity contribution in [1.29, 1.82) is 0 Å². The Bertz CT molecular complexity index is 1020. The van der Waals surface area contributed by atoms with Crippen molar-refractivity contribution >= 4 is 16.1 Å². The molecule has 0 saturated carbocycles. The highest BCUT2D eigenvalue weighted by atomic mass is 32.2. The van der Waals surface area contributed by atoms with Crippen LogP contribution in [0.2, 0.25) is 0 Å². The van der Waals surface area contributed by atoms with Crippen molar-refractivity contribution < 1.29 is 17.5 Å². The van der Waals surface area contributed by atoms with Gasteiger partial charge in [0.15, 0.2) is 11.6 Å². The van der Waals surface area contributed by atoms with E-state index in [0.717, 1.165) is 16.5 Å². The third-order valence-electron chi connectivity index (χ3n) is 3.99. The minimum Gasteiger partial charge on any atom is -0.488 e. The molecule has 0 heterocycles. The Labute approximate surface area is 164 Å². The lowest BCUT2D eigenvalue weighted by atomic mass is 10.1. The first kappa shape index (κ1) is 19.8. The van der Waals surface area contributed by atoms with Crippen LogP contribution in [-0.2, 0) is 10.0 Å². The second kappa shape index (κ2) is 9.30. The highest BCUT2D eigenvalue weighted by Crippen LogP contribution is 2.20. The van der Waals surface area contributed by atoms with Crippen molar-refractivity contribution in [1.82, 2.24) is 4.72 Å². The zero-order chi connectivity index (χ0) is 19.8. The molecule has 1 atom stereocenters. The molecule has 144 valence electrons. The topological polar surface area (TPSA) is 55.4 Å². The van der Waals surface area contributed by atoms with E-state index >= 15 is 0 Å². The smallest absolute Gasteiger partial charge is 0.234 e. The Morgan fingerprint density at radius 1 is 0.893 bits per heavy atom. The van der Waals surface area contributed by atoms with Crippen LogP contribution in [0.3, 0.4) is 0 Å². The third-order valence-corrected chi connectivity index (χ3v) is 5.10. The van der Waals surface area contributed by atoms with E-state index < -0.39 is 21.9 Å². The molecule has 1 unspecified atom stereocenters. The van der Waals surface area contributed by atoms with Crippen LogP contribution in [0.15, 0.2) is 90.3 Å². The lowest BCUT2D eigenvalue weighted by Crippen LogP contribution is -2.31. The third kappa shape index (κ3) is 5.77. The van der Waals surface area contributed by atoms with Crippen LogP contribution in [0.5, 0.6) is 5.75 Å². The van der Waals surface area contributed by atoms with Crippen molar-refractivity contribution in [3.63, 3.8) is 0 Å². The monoisotopic (exact) mass is 397 g/mol. The molecule has 3 aromatic carbocycles. The highest BCUT2D eigenvalue weighted by molar-refractivity contribution is 7.92. The average molecular weight is 397 g/mol. The molecular formula is C22H20FNO3S. The fraction of sp³-hybridized carbons (Fsp3) is 0.0909. The summed E-state index contributed by atoms with van der Waals surface area (Å²) in [5, 5.41) is 1.11. The molecule has 4 nitrogen and oxygen atoms in total. The summed E-state index contributed by atoms with van der Waals surface area (Å²) in [5.74, 6) is -0.427. The molecule has 0 saturated heterocycles. The first-order valence-electron chi connectivity index (χ1n) is 8.71. The lowest BCUT2D eigenvalue weighted by Gasteiger charge is -2.19. The van der Waals surface area contributed by atoms with Gasteiger partial charge in [-0.3, -0.25) is 0 Å². The van der Waals surface area contributed by atoms with E-state index in [1.165, 1.54) is 18.2 Å². The van der Waals surface area contributed by atoms with Crippen LogP contribution in [0.4, 0.5) is 4.39 Å². The number of hydrogen-bond donors (Lipinski definition) is 1. The first-order chi connectivity index (χ1) is 13.5. The Morgan fingerprint density at radius 2 is 1.50 bits per heavy atom. The standard InChI is InChI=1S/C22H20FNO3S/c23-20-13-7-8-14-22(20)27-17-21(19-11-5-2-6-12-19)24-28(25,26)16-15-18-9-3-1-4-10-18/h1-16,21,24H,17H2. The molecule has 3 aromatic rings. The highest BCUT2D eigenvalue weighted by Gasteiger charge is 2.19. The SMILES string of the molecule is O=S(=O)(C=Cc1ccccc1)NC(COc1ccccc1F)c1ccccc1. The first-order valence-corrected chi connectivity index (χ1v) is 10.3. The van der Waals surface area contributed by atoms with E-state index in [1.54, 1.807) is 36.4 Å². The summed E-state index contributed by atoms with van der Waals surface area (Å²) in [6.07, 6.45) is 1.52. The van der Waals surface area contributed by atoms with Crippen LogP contribution in [0.25, 0.3) is 6.08 Å². The number of para-hydroxylation sites is 1. The summed E-state index contributed by atoms with van der Waals surface area (Å²) in [5.41, 5.74) is 1.49. The largest absolute Gasteiger partial charge is 0.488 e. The summed E-state index contributed by atoms with van der Waals surface area (Å²) in [6, 6.07) is 23.5. The molecule has 28 heavy (non-hydrogen) atoms. The maximum absolute atomic E-state index is 13.8. The Hall–Kier alpha value is -2.96. The minimum atomic E-state index is -3.75. The van der Waals surface area contributed by atoms with Crippen molar-refractivity contribution in [3.8, 4) is 5.75 Å². The molecule has 0 aliphatic rings. The predicted octanol–water partition coefficient (Wildman–Crippen LogP) is 4.54. The molecule has 0 spiro atoms. The summed E-state index contributed by atoms with van der Waals surface area (Å²) in [7, 11) is -3.75. The van der Waals surface area contributed by atoms with Crippen molar-refractivity contribution in [2.24, 2.45) is 0 Å². The Balaban J connectivity index is 1.77. The van der Waals surface area contributed by atoms with E-state index in [0.29, 0.717) is 0 Å². The zero-order valence-corrected chi connectivity index (χ0v) is 15.8. The summed E-state index contributed by atoms with van der Waals surface area (Å²) in [4.78, 5) is 0. The van der Waals surface area contributed by atoms with Gasteiger partial charge in [0.1, 0.15) is 6.61 Å². The van der Waals surface area contributed by atoms with E-state index in [4.69, 9.17) is 4.74 Å². The molecule has 1 N–H and O–H groups in total. The maximum atomic E-state index is 13.8. The Morgan fingerprint density at radius 3 is 2.18 bits per heavy atom. The number of hydrogen-bond acceptors (Lipinski definition) is 3. The molecule has 0 aliphatic carbocycles. The van der Waals surface area contributed by atoms with E-state index in [1.807, 2.05) is 36.4 Å². The van der Waals surface area contributed by atoms with Crippen LogP contribution >= 0.6 is 0 Å². The molecule has 0 aliphatic heterocycles. The van der Waals surface area contributed by atoms with Gasteiger partial charge in [-0.1, -0.05) is 72.8 Å².